The molecule has 0 radical (unpaired) electrons. The number of nitrogens with zero attached hydrogens (tertiary/aromatic N) is 1. The first-order valence-corrected chi connectivity index (χ1v) is 9.62. The molecule has 0 unspecified atom stereocenters. The quantitative estimate of drug-likeness (QED) is 0.694. The molecule has 0 heterocycles. The van der Waals surface area contributed by atoms with E-state index in [0.717, 1.165) is 22.2 Å². The van der Waals surface area contributed by atoms with Crippen LogP contribution in [-0.2, 0) is 11.2 Å². The maximum Gasteiger partial charge on any atom is 0.101 e. The number of rotatable bonds is 6. The smallest absolute Gasteiger partial charge is 0.101 e. The second-order valence-electron chi connectivity index (χ2n) is 7.61. The lowest BCUT2D eigenvalue weighted by molar-refractivity contribution is -0.870. The number of carboxylic acids is 1. The van der Waals surface area contributed by atoms with Crippen molar-refractivity contribution in [3.63, 3.8) is 0 Å². The lowest BCUT2D eigenvalue weighted by atomic mass is 10.1. The largest absolute Gasteiger partial charge is 0.550 e. The summed E-state index contributed by atoms with van der Waals surface area (Å²) in [7, 11) is 6.16. The molecule has 154 valence electrons. The van der Waals surface area contributed by atoms with Crippen molar-refractivity contribution in [3.8, 4) is 0 Å². The Kier molecular flexibility index (Phi) is 9.24. The number of likely N-dealkylation sites (N-methyl/N-ethyl adjacent to an activating group) is 1. The summed E-state index contributed by atoms with van der Waals surface area (Å²) in [4.78, 5) is 10.9. The molecule has 28 heavy (non-hydrogen) atoms. The summed E-state index contributed by atoms with van der Waals surface area (Å²) in [6.07, 6.45) is -0.159. The second kappa shape index (κ2) is 10.7. The van der Waals surface area contributed by atoms with Crippen molar-refractivity contribution in [2.24, 2.45) is 0 Å². The van der Waals surface area contributed by atoms with Gasteiger partial charge in [-0.25, -0.2) is 0 Å². The molecule has 0 spiro atoms. The van der Waals surface area contributed by atoms with Crippen molar-refractivity contribution in [2.45, 2.75) is 20.3 Å². The first-order chi connectivity index (χ1) is 12.9. The Morgan fingerprint density at radius 3 is 2.21 bits per heavy atom. The van der Waals surface area contributed by atoms with E-state index in [9.17, 15) is 9.90 Å². The van der Waals surface area contributed by atoms with E-state index in [1.807, 2.05) is 32.0 Å². The van der Waals surface area contributed by atoms with E-state index in [1.165, 1.54) is 0 Å². The van der Waals surface area contributed by atoms with Crippen LogP contribution in [0.5, 0.6) is 0 Å². The zero-order valence-corrected chi connectivity index (χ0v) is 18.5. The summed E-state index contributed by atoms with van der Waals surface area (Å²) in [6.45, 7) is 4.85. The predicted molar refractivity (Wildman–Crippen MR) is 114 cm³/mol. The normalized spacial score (nSPS) is 10.9. The van der Waals surface area contributed by atoms with Crippen LogP contribution in [0.25, 0.3) is 0 Å². The number of benzene rings is 2. The van der Waals surface area contributed by atoms with E-state index < -0.39 is 5.97 Å². The first kappa shape index (κ1) is 24.2. The Morgan fingerprint density at radius 1 is 1.11 bits per heavy atom. The molecule has 0 fully saturated rings. The van der Waals surface area contributed by atoms with Gasteiger partial charge >= 0.3 is 0 Å². The Labute approximate surface area is 177 Å². The van der Waals surface area contributed by atoms with E-state index in [-0.39, 0.29) is 13.0 Å². The van der Waals surface area contributed by atoms with Crippen molar-refractivity contribution in [1.82, 2.24) is 0 Å². The van der Waals surface area contributed by atoms with Crippen LogP contribution in [0.2, 0.25) is 10.0 Å². The van der Waals surface area contributed by atoms with Crippen LogP contribution in [0.3, 0.4) is 0 Å². The van der Waals surface area contributed by atoms with Crippen LogP contribution in [-0.4, -0.2) is 49.9 Å². The van der Waals surface area contributed by atoms with E-state index in [1.54, 1.807) is 12.1 Å². The molecule has 0 aliphatic carbocycles. The van der Waals surface area contributed by atoms with Crippen LogP contribution < -0.4 is 10.4 Å². The van der Waals surface area contributed by atoms with Gasteiger partial charge in [0.05, 0.1) is 38.5 Å². The van der Waals surface area contributed by atoms with E-state index in [2.05, 4.69) is 26.5 Å². The van der Waals surface area contributed by atoms with Crippen LogP contribution >= 0.6 is 23.2 Å². The van der Waals surface area contributed by atoms with Gasteiger partial charge in [0.2, 0.25) is 0 Å². The Balaban J connectivity index is 0.000000480. The predicted octanol–water partition coefficient (Wildman–Crippen LogP) is 3.33. The molecule has 2 N–H and O–H groups in total. The number of hydrogen-bond donors (Lipinski definition) is 2. The molecule has 0 aliphatic rings. The second-order valence-corrected chi connectivity index (χ2v) is 8.39. The van der Waals surface area contributed by atoms with E-state index in [0.29, 0.717) is 27.0 Å². The SMILES string of the molecule is C[N+](C)(C)CCO.Cc1ccc(Nc2ccc(Cl)c(C)c2Cl)c(CC(=O)[O-])c1. The highest BCUT2D eigenvalue weighted by atomic mass is 35.5. The maximum atomic E-state index is 10.9. The standard InChI is InChI=1S/C16H15Cl2NO2.C5H14NO/c1-9-3-5-13(11(7-9)8-15(20)21)19-14-6-4-12(17)10(2)16(14)18;1-6(2,3)4-5-7/h3-7,19H,8H2,1-2H3,(H,20,21);7H,4-5H2,1-3H3/q;+1/p-1. The summed E-state index contributed by atoms with van der Waals surface area (Å²) in [5.41, 5.74) is 3.78. The van der Waals surface area contributed by atoms with Crippen LogP contribution in [0.4, 0.5) is 11.4 Å². The van der Waals surface area contributed by atoms with Crippen LogP contribution in [0.15, 0.2) is 30.3 Å². The number of halogens is 2. The zero-order valence-electron chi connectivity index (χ0n) is 17.0. The number of carboxylic acid groups (broad SMARTS) is 1. The Morgan fingerprint density at radius 2 is 1.71 bits per heavy atom. The lowest BCUT2D eigenvalue weighted by Gasteiger charge is -2.21. The van der Waals surface area contributed by atoms with Gasteiger partial charge in [-0.1, -0.05) is 40.9 Å². The Bertz CT molecular complexity index is 818. The van der Waals surface area contributed by atoms with Crippen molar-refractivity contribution >= 4 is 40.5 Å². The molecule has 0 saturated heterocycles. The fraction of sp³-hybridized carbons (Fsp3) is 0.381. The number of aliphatic carboxylic acids is 1. The minimum absolute atomic E-state index is 0.159. The van der Waals surface area contributed by atoms with Crippen molar-refractivity contribution in [1.29, 1.82) is 0 Å². The minimum atomic E-state index is -1.12. The topological polar surface area (TPSA) is 72.4 Å². The van der Waals surface area contributed by atoms with Gasteiger partial charge in [-0.2, -0.15) is 0 Å². The molecule has 0 bridgehead atoms. The van der Waals surface area contributed by atoms with Gasteiger partial charge in [-0.3, -0.25) is 0 Å². The number of carbonyl (C=O) groups excluding carboxylic acids is 1. The van der Waals surface area contributed by atoms with Crippen LogP contribution in [0, 0.1) is 13.8 Å². The monoisotopic (exact) mass is 426 g/mol. The highest BCUT2D eigenvalue weighted by Crippen LogP contribution is 2.33. The number of nitrogens with one attached hydrogen (secondary N) is 1. The third-order valence-corrected chi connectivity index (χ3v) is 4.85. The fourth-order valence-corrected chi connectivity index (χ4v) is 2.77. The molecule has 0 atom stereocenters. The third-order valence-electron chi connectivity index (χ3n) is 3.96. The fourth-order valence-electron chi connectivity index (χ4n) is 2.35. The Hall–Kier alpha value is -1.79. The maximum absolute atomic E-state index is 10.9. The van der Waals surface area contributed by atoms with Crippen molar-refractivity contribution in [2.75, 3.05) is 39.6 Å². The van der Waals surface area contributed by atoms with Gasteiger partial charge < -0.3 is 24.8 Å². The number of carbonyl (C=O) groups is 1. The summed E-state index contributed by atoms with van der Waals surface area (Å²) in [5, 5.41) is 23.5. The highest BCUT2D eigenvalue weighted by Gasteiger charge is 2.10. The molecule has 0 aliphatic heterocycles. The number of aliphatic hydroxyl groups is 1. The average Bonchev–Trinajstić information content (AvgIpc) is 2.56. The zero-order chi connectivity index (χ0) is 21.5. The molecule has 7 heteroatoms. The summed E-state index contributed by atoms with van der Waals surface area (Å²) >= 11 is 12.3. The molecule has 0 aromatic heterocycles. The number of quaternary nitrogens is 1. The highest BCUT2D eigenvalue weighted by molar-refractivity contribution is 6.37. The van der Waals surface area contributed by atoms with Crippen molar-refractivity contribution < 1.29 is 19.5 Å². The molecule has 5 nitrogen and oxygen atoms in total. The lowest BCUT2D eigenvalue weighted by Crippen LogP contribution is -2.36. The number of aliphatic hydroxyl groups excluding tert-OH is 1. The van der Waals surface area contributed by atoms with Gasteiger partial charge in [0.15, 0.2) is 0 Å². The number of hydrogen-bond acceptors (Lipinski definition) is 4. The van der Waals surface area contributed by atoms with Gasteiger partial charge in [0.25, 0.3) is 0 Å². The summed E-state index contributed by atoms with van der Waals surface area (Å²) < 4.78 is 0.844. The molecule has 0 amide bonds. The average molecular weight is 427 g/mol. The van der Waals surface area contributed by atoms with Crippen molar-refractivity contribution in [3.05, 3.63) is 57.1 Å². The van der Waals surface area contributed by atoms with E-state index >= 15 is 0 Å². The summed E-state index contributed by atoms with van der Waals surface area (Å²) in [5.74, 6) is -1.12. The molecule has 2 rings (SSSR count). The van der Waals surface area contributed by atoms with Gasteiger partial charge in [-0.15, -0.1) is 0 Å². The molecular formula is C21H28Cl2N2O3. The molecule has 0 saturated carbocycles. The molecule has 2 aromatic carbocycles. The van der Waals surface area contributed by atoms with Gasteiger partial charge in [-0.05, 0) is 43.2 Å². The van der Waals surface area contributed by atoms with Gasteiger partial charge in [0, 0.05) is 23.1 Å². The summed E-state index contributed by atoms with van der Waals surface area (Å²) in [6, 6.07) is 9.05. The van der Waals surface area contributed by atoms with Crippen LogP contribution in [0.1, 0.15) is 16.7 Å². The van der Waals surface area contributed by atoms with E-state index in [4.69, 9.17) is 28.3 Å². The number of anilines is 2. The minimum Gasteiger partial charge on any atom is -0.550 e. The third kappa shape index (κ3) is 8.07. The molecule has 2 aromatic rings. The van der Waals surface area contributed by atoms with Gasteiger partial charge in [0.1, 0.15) is 6.54 Å². The first-order valence-electron chi connectivity index (χ1n) is 8.87. The number of aryl methyl sites for hydroxylation is 1. The molecular weight excluding hydrogens is 399 g/mol.